The number of aromatic amines is 1. The molecule has 3 N–H and O–H groups in total. The van der Waals surface area contributed by atoms with Crippen molar-refractivity contribution in [3.63, 3.8) is 0 Å². The van der Waals surface area contributed by atoms with Gasteiger partial charge in [-0.05, 0) is 46.3 Å². The van der Waals surface area contributed by atoms with Gasteiger partial charge in [0.05, 0.1) is 4.60 Å². The van der Waals surface area contributed by atoms with Crippen molar-refractivity contribution in [2.45, 2.75) is 25.3 Å². The van der Waals surface area contributed by atoms with E-state index in [4.69, 9.17) is 5.73 Å². The summed E-state index contributed by atoms with van der Waals surface area (Å²) < 4.78 is 1.11. The summed E-state index contributed by atoms with van der Waals surface area (Å²) >= 11 is 3.47. The molecule has 1 aromatic heterocycles. The molecule has 0 amide bonds. The first-order chi connectivity index (χ1) is 5.29. The van der Waals surface area contributed by atoms with Crippen LogP contribution in [0.4, 0.5) is 0 Å². The predicted molar refractivity (Wildman–Crippen MR) is 48.4 cm³/mol. The predicted octanol–water partition coefficient (Wildman–Crippen LogP) is 2.11. The highest BCUT2D eigenvalue weighted by Gasteiger charge is 2.19. The van der Waals surface area contributed by atoms with Gasteiger partial charge in [-0.1, -0.05) is 0 Å². The van der Waals surface area contributed by atoms with Crippen LogP contribution in [0.2, 0.25) is 0 Å². The fourth-order valence-corrected chi connectivity index (χ4v) is 2.22. The Kier molecular flexibility index (Phi) is 1.77. The van der Waals surface area contributed by atoms with E-state index >= 15 is 0 Å². The molecule has 1 aliphatic rings. The van der Waals surface area contributed by atoms with Crippen molar-refractivity contribution in [2.75, 3.05) is 0 Å². The van der Waals surface area contributed by atoms with E-state index in [1.165, 1.54) is 17.5 Å². The maximum atomic E-state index is 5.92. The van der Waals surface area contributed by atoms with E-state index in [1.807, 2.05) is 6.20 Å². The number of nitrogens with two attached hydrogens (primary N) is 1. The minimum absolute atomic E-state index is 0.251. The van der Waals surface area contributed by atoms with Crippen LogP contribution < -0.4 is 5.73 Å². The number of nitrogens with one attached hydrogen (secondary N) is 1. The van der Waals surface area contributed by atoms with Crippen LogP contribution in [0.3, 0.4) is 0 Å². The zero-order chi connectivity index (χ0) is 7.84. The molecule has 1 unspecified atom stereocenters. The Hall–Kier alpha value is -0.280. The molecule has 60 valence electrons. The van der Waals surface area contributed by atoms with Crippen LogP contribution in [-0.2, 0) is 6.42 Å². The van der Waals surface area contributed by atoms with Crippen LogP contribution in [0.25, 0.3) is 0 Å². The van der Waals surface area contributed by atoms with E-state index in [9.17, 15) is 0 Å². The van der Waals surface area contributed by atoms with E-state index in [1.54, 1.807) is 0 Å². The molecule has 0 radical (unpaired) electrons. The second-order valence-corrected chi connectivity index (χ2v) is 3.83. The van der Waals surface area contributed by atoms with Gasteiger partial charge < -0.3 is 10.7 Å². The van der Waals surface area contributed by atoms with Gasteiger partial charge in [0.1, 0.15) is 0 Å². The van der Waals surface area contributed by atoms with Crippen LogP contribution in [0, 0.1) is 0 Å². The zero-order valence-electron chi connectivity index (χ0n) is 6.23. The number of hydrogen-bond donors (Lipinski definition) is 2. The molecule has 0 saturated carbocycles. The fourth-order valence-electron chi connectivity index (χ4n) is 1.68. The van der Waals surface area contributed by atoms with Crippen molar-refractivity contribution in [1.29, 1.82) is 0 Å². The molecule has 1 aliphatic carbocycles. The Labute approximate surface area is 74.3 Å². The second-order valence-electron chi connectivity index (χ2n) is 3.04. The van der Waals surface area contributed by atoms with Gasteiger partial charge in [0.25, 0.3) is 0 Å². The lowest BCUT2D eigenvalue weighted by molar-refractivity contribution is 0.573. The van der Waals surface area contributed by atoms with Gasteiger partial charge in [-0.2, -0.15) is 0 Å². The van der Waals surface area contributed by atoms with Crippen LogP contribution in [0.15, 0.2) is 10.8 Å². The summed E-state index contributed by atoms with van der Waals surface area (Å²) in [6.07, 6.45) is 5.51. The number of hydrogen-bond acceptors (Lipinski definition) is 1. The van der Waals surface area contributed by atoms with Gasteiger partial charge in [-0.15, -0.1) is 0 Å². The summed E-state index contributed by atoms with van der Waals surface area (Å²) in [5.41, 5.74) is 8.59. The summed E-state index contributed by atoms with van der Waals surface area (Å²) in [5.74, 6) is 0. The molecule has 0 bridgehead atoms. The highest BCUT2D eigenvalue weighted by molar-refractivity contribution is 9.10. The number of rotatable bonds is 0. The second kappa shape index (κ2) is 2.64. The van der Waals surface area contributed by atoms with E-state index in [0.29, 0.717) is 0 Å². The van der Waals surface area contributed by atoms with Gasteiger partial charge in [0, 0.05) is 12.2 Å². The van der Waals surface area contributed by atoms with Crippen LogP contribution >= 0.6 is 15.9 Å². The maximum Gasteiger partial charge on any atom is 0.0855 e. The van der Waals surface area contributed by atoms with Crippen molar-refractivity contribution in [3.05, 3.63) is 21.9 Å². The Morgan fingerprint density at radius 2 is 2.45 bits per heavy atom. The number of halogens is 1. The Bertz CT molecular complexity index is 267. The lowest BCUT2D eigenvalue weighted by atomic mass is 9.92. The molecule has 11 heavy (non-hydrogen) atoms. The standard InChI is InChI=1S/C8H11BrN2/c9-8-5-2-1-3-7(10)6(5)4-11-8/h4,7,11H,1-3,10H2. The highest BCUT2D eigenvalue weighted by atomic mass is 79.9. The third kappa shape index (κ3) is 1.12. The topological polar surface area (TPSA) is 41.8 Å². The lowest BCUT2D eigenvalue weighted by Crippen LogP contribution is -2.15. The van der Waals surface area contributed by atoms with Gasteiger partial charge in [-0.3, -0.25) is 0 Å². The van der Waals surface area contributed by atoms with Gasteiger partial charge in [-0.25, -0.2) is 0 Å². The third-order valence-electron chi connectivity index (χ3n) is 2.31. The summed E-state index contributed by atoms with van der Waals surface area (Å²) in [5, 5.41) is 0. The number of H-pyrrole nitrogens is 1. The molecular weight excluding hydrogens is 204 g/mol. The Balaban J connectivity index is 2.46. The molecule has 0 spiro atoms. The molecule has 2 rings (SSSR count). The molecule has 0 aliphatic heterocycles. The van der Waals surface area contributed by atoms with Gasteiger partial charge >= 0.3 is 0 Å². The molecule has 1 aromatic rings. The monoisotopic (exact) mass is 214 g/mol. The molecule has 0 fully saturated rings. The van der Waals surface area contributed by atoms with Crippen LogP contribution in [0.5, 0.6) is 0 Å². The van der Waals surface area contributed by atoms with E-state index in [0.717, 1.165) is 17.4 Å². The minimum atomic E-state index is 0.251. The summed E-state index contributed by atoms with van der Waals surface area (Å²) in [7, 11) is 0. The Morgan fingerprint density at radius 3 is 3.18 bits per heavy atom. The molecular formula is C8H11BrN2. The first kappa shape index (κ1) is 7.37. The van der Waals surface area contributed by atoms with Crippen molar-refractivity contribution >= 4 is 15.9 Å². The highest BCUT2D eigenvalue weighted by Crippen LogP contribution is 2.32. The quantitative estimate of drug-likeness (QED) is 0.683. The van der Waals surface area contributed by atoms with Crippen molar-refractivity contribution < 1.29 is 0 Å². The maximum absolute atomic E-state index is 5.92. The number of aromatic nitrogens is 1. The summed E-state index contributed by atoms with van der Waals surface area (Å²) in [6, 6.07) is 0.251. The van der Waals surface area contributed by atoms with E-state index in [-0.39, 0.29) is 6.04 Å². The largest absolute Gasteiger partial charge is 0.355 e. The van der Waals surface area contributed by atoms with Crippen LogP contribution in [-0.4, -0.2) is 4.98 Å². The smallest absolute Gasteiger partial charge is 0.0855 e. The minimum Gasteiger partial charge on any atom is -0.355 e. The molecule has 0 saturated heterocycles. The fraction of sp³-hybridized carbons (Fsp3) is 0.500. The van der Waals surface area contributed by atoms with Gasteiger partial charge in [0.15, 0.2) is 0 Å². The van der Waals surface area contributed by atoms with Gasteiger partial charge in [0.2, 0.25) is 0 Å². The molecule has 2 nitrogen and oxygen atoms in total. The zero-order valence-corrected chi connectivity index (χ0v) is 7.82. The first-order valence-electron chi connectivity index (χ1n) is 3.90. The Morgan fingerprint density at radius 1 is 1.64 bits per heavy atom. The normalized spacial score (nSPS) is 23.3. The third-order valence-corrected chi connectivity index (χ3v) is 3.02. The SMILES string of the molecule is NC1CCCc2c1c[nH]c2Br. The number of fused-ring (bicyclic) bond motifs is 1. The first-order valence-corrected chi connectivity index (χ1v) is 4.69. The average molecular weight is 215 g/mol. The van der Waals surface area contributed by atoms with E-state index in [2.05, 4.69) is 20.9 Å². The molecule has 1 atom stereocenters. The lowest BCUT2D eigenvalue weighted by Gasteiger charge is -2.18. The molecule has 3 heteroatoms. The van der Waals surface area contributed by atoms with Crippen molar-refractivity contribution in [3.8, 4) is 0 Å². The summed E-state index contributed by atoms with van der Waals surface area (Å²) in [6.45, 7) is 0. The average Bonchev–Trinajstić information content (AvgIpc) is 2.35. The molecule has 1 heterocycles. The molecule has 0 aromatic carbocycles. The van der Waals surface area contributed by atoms with Crippen molar-refractivity contribution in [1.82, 2.24) is 4.98 Å². The summed E-state index contributed by atoms with van der Waals surface area (Å²) in [4.78, 5) is 3.15. The van der Waals surface area contributed by atoms with Crippen LogP contribution in [0.1, 0.15) is 30.0 Å². The van der Waals surface area contributed by atoms with E-state index < -0.39 is 0 Å². The van der Waals surface area contributed by atoms with Crippen molar-refractivity contribution in [2.24, 2.45) is 5.73 Å².